The predicted molar refractivity (Wildman–Crippen MR) is 259 cm³/mol. The zero-order chi connectivity index (χ0) is 55.6. The van der Waals surface area contributed by atoms with Crippen molar-refractivity contribution in [3.63, 3.8) is 0 Å². The van der Waals surface area contributed by atoms with E-state index < -0.39 is 187 Å². The summed E-state index contributed by atoms with van der Waals surface area (Å²) in [4.78, 5) is 0. The molecule has 16 N–H and O–H groups in total. The van der Waals surface area contributed by atoms with Gasteiger partial charge in [0.05, 0.1) is 39.6 Å². The zero-order valence-corrected chi connectivity index (χ0v) is 43.8. The number of unbranched alkanes of at least 4 members (excludes halogenated alkanes) is 12. The van der Waals surface area contributed by atoms with E-state index in [0.29, 0.717) is 0 Å². The van der Waals surface area contributed by atoms with E-state index in [1.807, 2.05) is 0 Å². The Morgan fingerprint density at radius 3 is 1.01 bits per heavy atom. The lowest BCUT2D eigenvalue weighted by Crippen LogP contribution is -2.69. The van der Waals surface area contributed by atoms with Gasteiger partial charge in [0.15, 0.2) is 31.5 Å². The van der Waals surface area contributed by atoms with Gasteiger partial charge in [-0.1, -0.05) is 104 Å². The average molecular weight is 1110 g/mol. The number of ether oxygens (including phenoxy) is 10. The van der Waals surface area contributed by atoms with Gasteiger partial charge in [-0.25, -0.2) is 0 Å². The molecule has 0 aromatic heterocycles. The zero-order valence-electron chi connectivity index (χ0n) is 43.8. The first-order valence-corrected chi connectivity index (χ1v) is 27.5. The van der Waals surface area contributed by atoms with Crippen LogP contribution in [0.2, 0.25) is 0 Å². The Labute approximate surface area is 443 Å². The SMILES string of the molecule is CCCCCCCCCC(CCCCCCCCC)CO[C@@H]1OC(CO[C@@H]2OC(CO)[C@@H](O)[C@H](O)C2O)[C@@H](O[C@@H]2OC(CO)[C@@H](O)[C@H](O)C2O)[C@H](O[C@@H]2OC(CO)[C@@H](O)[C@H](O)C2O)C1O[C@@H]1OC(CO)[C@@H](O)[C@H](O)C1O. The molecule has 5 fully saturated rings. The maximum atomic E-state index is 11.4. The molecule has 0 aliphatic carbocycles. The van der Waals surface area contributed by atoms with Gasteiger partial charge in [0.2, 0.25) is 0 Å². The fraction of sp³-hybridized carbons (Fsp3) is 1.00. The molecule has 5 aliphatic rings. The first kappa shape index (κ1) is 65.8. The summed E-state index contributed by atoms with van der Waals surface area (Å²) in [6.45, 7) is -0.0230. The van der Waals surface area contributed by atoms with E-state index in [1.54, 1.807) is 0 Å². The van der Waals surface area contributed by atoms with E-state index in [4.69, 9.17) is 47.4 Å². The summed E-state index contributed by atoms with van der Waals surface area (Å²) in [6.07, 6.45) is -30.4. The fourth-order valence-electron chi connectivity index (χ4n) is 10.3. The van der Waals surface area contributed by atoms with E-state index in [0.717, 1.165) is 103 Å². The minimum Gasteiger partial charge on any atom is -0.394 e. The van der Waals surface area contributed by atoms with Crippen molar-refractivity contribution in [3.8, 4) is 0 Å². The summed E-state index contributed by atoms with van der Waals surface area (Å²) in [5.74, 6) is -0.0977. The smallest absolute Gasteiger partial charge is 0.187 e. The third kappa shape index (κ3) is 17.5. The molecule has 0 spiro atoms. The van der Waals surface area contributed by atoms with Crippen molar-refractivity contribution in [1.82, 2.24) is 0 Å². The van der Waals surface area contributed by atoms with Gasteiger partial charge in [0, 0.05) is 0 Å². The summed E-state index contributed by atoms with van der Waals surface area (Å²) < 4.78 is 61.4. The molecule has 5 aliphatic heterocycles. The molecule has 0 aromatic rings. The van der Waals surface area contributed by atoms with Gasteiger partial charge in [0.1, 0.15) is 122 Å². The molecule has 76 heavy (non-hydrogen) atoms. The molecular weight excluding hydrogens is 1020 g/mol. The topological polar surface area (TPSA) is 416 Å². The second-order valence-electron chi connectivity index (χ2n) is 21.0. The summed E-state index contributed by atoms with van der Waals surface area (Å²) in [5, 5.41) is 172. The molecule has 25 atom stereocenters. The molecule has 5 rings (SSSR count). The van der Waals surface area contributed by atoms with Crippen molar-refractivity contribution in [2.45, 2.75) is 270 Å². The van der Waals surface area contributed by atoms with Gasteiger partial charge in [-0.2, -0.15) is 0 Å². The van der Waals surface area contributed by atoms with Crippen molar-refractivity contribution in [2.75, 3.05) is 39.6 Å². The molecule has 0 radical (unpaired) electrons. The molecule has 10 unspecified atom stereocenters. The van der Waals surface area contributed by atoms with Crippen LogP contribution in [0.3, 0.4) is 0 Å². The molecule has 0 saturated carbocycles. The Balaban J connectivity index is 1.60. The van der Waals surface area contributed by atoms with Gasteiger partial charge in [-0.15, -0.1) is 0 Å². The number of aliphatic hydroxyl groups excluding tert-OH is 16. The molecular formula is C50H92O26. The van der Waals surface area contributed by atoms with Crippen LogP contribution in [0.15, 0.2) is 0 Å². The normalized spacial score (nSPS) is 42.4. The van der Waals surface area contributed by atoms with E-state index >= 15 is 0 Å². The van der Waals surface area contributed by atoms with Crippen molar-refractivity contribution < 1.29 is 129 Å². The van der Waals surface area contributed by atoms with Crippen LogP contribution >= 0.6 is 0 Å². The molecule has 448 valence electrons. The standard InChI is InChI=1S/C50H92O26/c1-3-5-7-9-11-13-15-17-25(18-16-14-12-10-8-6-4-2)23-67-50-45(76-49-42(66)38(62)34(58)29(22-54)72-49)44(75-48-41(65)37(61)33(57)28(21-53)71-48)43(74-47-40(64)36(60)32(56)27(20-52)70-47)30(73-50)24-68-46-39(63)35(59)31(55)26(19-51)69-46/h25-66H,3-24H2,1-2H3/t26?,27?,28?,29?,30?,31-,32-,33-,34-,35+,36+,37+,38+,39?,40?,41?,42?,43-,44+,45?,46-,47+,48+,49+,50-/m1/s1. The van der Waals surface area contributed by atoms with Gasteiger partial charge >= 0.3 is 0 Å². The fourth-order valence-corrected chi connectivity index (χ4v) is 10.3. The number of hydrogen-bond donors (Lipinski definition) is 16. The third-order valence-corrected chi connectivity index (χ3v) is 15.2. The van der Waals surface area contributed by atoms with Crippen molar-refractivity contribution in [3.05, 3.63) is 0 Å². The molecule has 0 amide bonds. The highest BCUT2D eigenvalue weighted by atomic mass is 16.8. The van der Waals surface area contributed by atoms with Gasteiger partial charge in [-0.05, 0) is 18.8 Å². The van der Waals surface area contributed by atoms with Crippen LogP contribution in [-0.2, 0) is 47.4 Å². The maximum absolute atomic E-state index is 11.4. The van der Waals surface area contributed by atoms with E-state index in [1.165, 1.54) is 0 Å². The first-order valence-electron chi connectivity index (χ1n) is 27.5. The Morgan fingerprint density at radius 2 is 0.632 bits per heavy atom. The highest BCUT2D eigenvalue weighted by Gasteiger charge is 2.58. The molecule has 5 heterocycles. The van der Waals surface area contributed by atoms with Gasteiger partial charge < -0.3 is 129 Å². The monoisotopic (exact) mass is 1110 g/mol. The van der Waals surface area contributed by atoms with Gasteiger partial charge in [0.25, 0.3) is 0 Å². The lowest BCUT2D eigenvalue weighted by atomic mass is 9.94. The second kappa shape index (κ2) is 33.2. The second-order valence-corrected chi connectivity index (χ2v) is 21.0. The van der Waals surface area contributed by atoms with E-state index in [9.17, 15) is 81.7 Å². The van der Waals surface area contributed by atoms with Crippen LogP contribution in [0.4, 0.5) is 0 Å². The van der Waals surface area contributed by atoms with Crippen molar-refractivity contribution in [2.24, 2.45) is 5.92 Å². The summed E-state index contributed by atoms with van der Waals surface area (Å²) in [5.41, 5.74) is 0. The van der Waals surface area contributed by atoms with Crippen molar-refractivity contribution in [1.29, 1.82) is 0 Å². The van der Waals surface area contributed by atoms with E-state index in [2.05, 4.69) is 13.8 Å². The minimum atomic E-state index is -2.11. The minimum absolute atomic E-state index is 0.0177. The average Bonchev–Trinajstić information content (AvgIpc) is 3.43. The quantitative estimate of drug-likeness (QED) is 0.0286. The van der Waals surface area contributed by atoms with Crippen LogP contribution in [0, 0.1) is 5.92 Å². The van der Waals surface area contributed by atoms with Crippen LogP contribution in [-0.4, -0.2) is 275 Å². The molecule has 26 nitrogen and oxygen atoms in total. The predicted octanol–water partition coefficient (Wildman–Crippen LogP) is -4.00. The number of rotatable bonds is 32. The molecule has 5 saturated heterocycles. The Hall–Kier alpha value is -1.04. The highest BCUT2D eigenvalue weighted by molar-refractivity contribution is 5.00. The lowest BCUT2D eigenvalue weighted by Gasteiger charge is -2.51. The molecule has 0 bridgehead atoms. The van der Waals surface area contributed by atoms with Crippen LogP contribution in [0.5, 0.6) is 0 Å². The van der Waals surface area contributed by atoms with Crippen LogP contribution < -0.4 is 0 Å². The van der Waals surface area contributed by atoms with E-state index in [-0.39, 0.29) is 12.5 Å². The number of aliphatic hydroxyl groups is 16. The lowest BCUT2D eigenvalue weighted by molar-refractivity contribution is -0.412. The highest BCUT2D eigenvalue weighted by Crippen LogP contribution is 2.38. The van der Waals surface area contributed by atoms with Crippen LogP contribution in [0.1, 0.15) is 117 Å². The van der Waals surface area contributed by atoms with Crippen LogP contribution in [0.25, 0.3) is 0 Å². The molecule has 0 aromatic carbocycles. The summed E-state index contributed by atoms with van der Waals surface area (Å²) in [6, 6.07) is 0. The molecule has 26 heteroatoms. The summed E-state index contributed by atoms with van der Waals surface area (Å²) >= 11 is 0. The maximum Gasteiger partial charge on any atom is 0.187 e. The third-order valence-electron chi connectivity index (χ3n) is 15.2. The first-order chi connectivity index (χ1) is 36.5. The largest absolute Gasteiger partial charge is 0.394 e. The Morgan fingerprint density at radius 1 is 0.316 bits per heavy atom. The summed E-state index contributed by atoms with van der Waals surface area (Å²) in [7, 11) is 0. The Bertz CT molecular complexity index is 1540. The van der Waals surface area contributed by atoms with Crippen molar-refractivity contribution >= 4 is 0 Å². The Kier molecular flexibility index (Phi) is 28.7. The number of hydrogen-bond acceptors (Lipinski definition) is 26. The van der Waals surface area contributed by atoms with Gasteiger partial charge in [-0.3, -0.25) is 0 Å².